The summed E-state index contributed by atoms with van der Waals surface area (Å²) in [4.78, 5) is 4.22. The van der Waals surface area contributed by atoms with Gasteiger partial charge in [-0.1, -0.05) is 58.0 Å². The van der Waals surface area contributed by atoms with Gasteiger partial charge in [0.15, 0.2) is 0 Å². The van der Waals surface area contributed by atoms with Crippen LogP contribution in [0.5, 0.6) is 0 Å². The summed E-state index contributed by atoms with van der Waals surface area (Å²) in [6, 6.07) is 16.7. The van der Waals surface area contributed by atoms with E-state index in [1.807, 2.05) is 42.5 Å². The molecule has 0 bridgehead atoms. The molecule has 2 aromatic heterocycles. The van der Waals surface area contributed by atoms with Crippen molar-refractivity contribution in [3.05, 3.63) is 54.7 Å². The zero-order chi connectivity index (χ0) is 23.5. The van der Waals surface area contributed by atoms with E-state index in [0.717, 1.165) is 29.5 Å². The molecule has 4 atom stereocenters. The van der Waals surface area contributed by atoms with Crippen LogP contribution in [0.15, 0.2) is 53.1 Å². The topological polar surface area (TPSA) is 66.5 Å². The number of aromatic nitrogens is 1. The van der Waals surface area contributed by atoms with Crippen molar-refractivity contribution in [2.24, 2.45) is 35.5 Å². The molecule has 0 amide bonds. The second kappa shape index (κ2) is 11.9. The number of pyridine rings is 1. The molecule has 2 fully saturated rings. The van der Waals surface area contributed by atoms with Gasteiger partial charge in [-0.15, -0.1) is 17.5 Å². The Balaban J connectivity index is 0.000000187. The van der Waals surface area contributed by atoms with Gasteiger partial charge in [-0.3, -0.25) is 0 Å². The summed E-state index contributed by atoms with van der Waals surface area (Å²) in [6.07, 6.45) is 5.84. The number of rotatable bonds is 3. The van der Waals surface area contributed by atoms with Crippen LogP contribution in [-0.2, 0) is 20.1 Å². The number of nitrogens with zero attached hydrogens (tertiary/aromatic N) is 1. The number of aliphatic hydroxyl groups is 2. The Kier molecular flexibility index (Phi) is 9.51. The van der Waals surface area contributed by atoms with Crippen molar-refractivity contribution in [1.29, 1.82) is 0 Å². The van der Waals surface area contributed by atoms with Gasteiger partial charge < -0.3 is 19.6 Å². The number of hydrogen-bond acceptors (Lipinski definition) is 4. The Morgan fingerprint density at radius 3 is 1.97 bits per heavy atom. The summed E-state index contributed by atoms with van der Waals surface area (Å²) < 4.78 is 5.64. The maximum Gasteiger partial charge on any atom is 0.0626 e. The number of furan rings is 1. The molecule has 0 aliphatic heterocycles. The van der Waals surface area contributed by atoms with Crippen molar-refractivity contribution >= 4 is 11.0 Å². The molecular weight excluding hydrogens is 603 g/mol. The van der Waals surface area contributed by atoms with Crippen LogP contribution in [0.25, 0.3) is 22.4 Å². The average molecular weight is 641 g/mol. The van der Waals surface area contributed by atoms with Crippen molar-refractivity contribution in [3.63, 3.8) is 0 Å². The molecule has 2 aliphatic carbocycles. The molecule has 2 unspecified atom stereocenters. The molecule has 0 spiro atoms. The zero-order valence-corrected chi connectivity index (χ0v) is 23.0. The number of para-hydroxylation sites is 1. The molecule has 2 N–H and O–H groups in total. The predicted octanol–water partition coefficient (Wildman–Crippen LogP) is 6.37. The van der Waals surface area contributed by atoms with Gasteiger partial charge in [-0.25, -0.2) is 0 Å². The Morgan fingerprint density at radius 2 is 1.44 bits per heavy atom. The molecule has 4 nitrogen and oxygen atoms in total. The molecular formula is C29H38IrNO3-. The van der Waals surface area contributed by atoms with E-state index in [1.54, 1.807) is 6.20 Å². The van der Waals surface area contributed by atoms with Gasteiger partial charge in [0.2, 0.25) is 0 Å². The minimum absolute atomic E-state index is 0. The number of hydrogen-bond donors (Lipinski definition) is 2. The van der Waals surface area contributed by atoms with Crippen LogP contribution >= 0.6 is 0 Å². The van der Waals surface area contributed by atoms with E-state index >= 15 is 0 Å². The van der Waals surface area contributed by atoms with Crippen LogP contribution in [-0.4, -0.2) is 27.4 Å². The maximum atomic E-state index is 10.6. The van der Waals surface area contributed by atoms with Crippen molar-refractivity contribution < 1.29 is 34.7 Å². The summed E-state index contributed by atoms with van der Waals surface area (Å²) in [6.45, 7) is 8.79. The largest absolute Gasteiger partial charge is 0.518 e. The molecule has 0 saturated heterocycles. The molecule has 5 rings (SSSR count). The van der Waals surface area contributed by atoms with E-state index in [4.69, 9.17) is 4.42 Å². The normalized spacial score (nSPS) is 28.7. The van der Waals surface area contributed by atoms with E-state index in [0.29, 0.717) is 35.3 Å². The van der Waals surface area contributed by atoms with E-state index in [9.17, 15) is 10.2 Å². The van der Waals surface area contributed by atoms with E-state index in [-0.39, 0.29) is 38.2 Å². The van der Waals surface area contributed by atoms with Crippen LogP contribution in [0.3, 0.4) is 0 Å². The third kappa shape index (κ3) is 5.82. The van der Waals surface area contributed by atoms with Gasteiger partial charge in [0.05, 0.1) is 18.0 Å². The summed E-state index contributed by atoms with van der Waals surface area (Å²) in [5.74, 6) is 3.18. The second-order valence-electron chi connectivity index (χ2n) is 10.6. The van der Waals surface area contributed by atoms with Crippen LogP contribution in [0.4, 0.5) is 0 Å². The van der Waals surface area contributed by atoms with Gasteiger partial charge in [0.1, 0.15) is 0 Å². The van der Waals surface area contributed by atoms with Crippen LogP contribution in [0.2, 0.25) is 0 Å². The van der Waals surface area contributed by atoms with Gasteiger partial charge in [0.25, 0.3) is 0 Å². The number of benzene rings is 1. The first kappa shape index (κ1) is 27.1. The van der Waals surface area contributed by atoms with Crippen molar-refractivity contribution in [3.8, 4) is 11.5 Å². The Labute approximate surface area is 217 Å². The molecule has 1 radical (unpaired) electrons. The molecule has 34 heavy (non-hydrogen) atoms. The first-order chi connectivity index (χ1) is 15.9. The Bertz CT molecular complexity index is 959. The van der Waals surface area contributed by atoms with Crippen LogP contribution in [0, 0.1) is 41.6 Å². The molecule has 2 heterocycles. The number of fused-ring (bicyclic) bond motifs is 2. The second-order valence-corrected chi connectivity index (χ2v) is 10.6. The van der Waals surface area contributed by atoms with E-state index in [1.165, 1.54) is 12.8 Å². The minimum Gasteiger partial charge on any atom is -0.518 e. The molecule has 3 aromatic rings. The summed E-state index contributed by atoms with van der Waals surface area (Å²) in [7, 11) is 0. The molecule has 2 aliphatic rings. The molecule has 1 aromatic carbocycles. The SMILES string of the molecule is CC(C)[C@H]1CCC2CC[C@H](C(C)C)C(O)C2C1O.[Ir].[c-]1c(-c2ccccn2)oc2ccccc12. The van der Waals surface area contributed by atoms with Gasteiger partial charge in [-0.2, -0.15) is 0 Å². The fourth-order valence-electron chi connectivity index (χ4n) is 6.00. The Hall–Kier alpha value is -1.52. The Morgan fingerprint density at radius 1 is 0.853 bits per heavy atom. The monoisotopic (exact) mass is 641 g/mol. The first-order valence-corrected chi connectivity index (χ1v) is 12.5. The minimum atomic E-state index is -0.291. The third-order valence-corrected chi connectivity index (χ3v) is 7.91. The quantitative estimate of drug-likeness (QED) is 0.327. The van der Waals surface area contributed by atoms with E-state index < -0.39 is 0 Å². The molecule has 5 heteroatoms. The first-order valence-electron chi connectivity index (χ1n) is 12.5. The van der Waals surface area contributed by atoms with Crippen molar-refractivity contribution in [2.45, 2.75) is 65.6 Å². The zero-order valence-electron chi connectivity index (χ0n) is 20.6. The van der Waals surface area contributed by atoms with Crippen LogP contribution < -0.4 is 0 Å². The fraction of sp³-hybridized carbons (Fsp3) is 0.552. The van der Waals surface area contributed by atoms with Gasteiger partial charge in [-0.05, 0) is 61.3 Å². The summed E-state index contributed by atoms with van der Waals surface area (Å²) in [5.41, 5.74) is 1.66. The fourth-order valence-corrected chi connectivity index (χ4v) is 6.00. The van der Waals surface area contributed by atoms with Gasteiger partial charge >= 0.3 is 0 Å². The van der Waals surface area contributed by atoms with Crippen molar-refractivity contribution in [2.75, 3.05) is 0 Å². The standard InChI is InChI=1S/C16H30O2.C13H8NO.Ir/c1-9(2)12-7-5-11-6-8-13(10(3)4)16(18)14(11)15(12)17;1-2-7-12-10(5-1)9-13(15-12)11-6-3-4-8-14-11;/h9-18H,5-8H2,1-4H3;1-8H;/q;-1;/t11?,12-,13-,14?,15?,16?;;/m1../s1. The predicted molar refractivity (Wildman–Crippen MR) is 132 cm³/mol. The molecule has 2 saturated carbocycles. The van der Waals surface area contributed by atoms with Gasteiger partial charge in [0, 0.05) is 43.5 Å². The summed E-state index contributed by atoms with van der Waals surface area (Å²) in [5, 5.41) is 22.3. The molecule has 187 valence electrons. The van der Waals surface area contributed by atoms with Crippen molar-refractivity contribution in [1.82, 2.24) is 4.98 Å². The van der Waals surface area contributed by atoms with Crippen LogP contribution in [0.1, 0.15) is 53.4 Å². The maximum absolute atomic E-state index is 10.6. The third-order valence-electron chi connectivity index (χ3n) is 7.91. The number of aliphatic hydroxyl groups excluding tert-OH is 2. The average Bonchev–Trinajstić information content (AvgIpc) is 3.24. The summed E-state index contributed by atoms with van der Waals surface area (Å²) >= 11 is 0. The van der Waals surface area contributed by atoms with E-state index in [2.05, 4.69) is 38.7 Å². The smallest absolute Gasteiger partial charge is 0.0626 e.